The molecule has 1 aliphatic heterocycles. The summed E-state index contributed by atoms with van der Waals surface area (Å²) in [7, 11) is 0. The number of benzene rings is 2. The van der Waals surface area contributed by atoms with Crippen molar-refractivity contribution in [1.82, 2.24) is 4.90 Å². The molecule has 0 aliphatic carbocycles. The van der Waals surface area contributed by atoms with Crippen LogP contribution in [-0.4, -0.2) is 29.2 Å². The maximum atomic E-state index is 12.6. The topological polar surface area (TPSA) is 41.9 Å². The Morgan fingerprint density at radius 1 is 1.19 bits per heavy atom. The van der Waals surface area contributed by atoms with Crippen molar-refractivity contribution in [2.45, 2.75) is 32.9 Å². The van der Waals surface area contributed by atoms with Crippen molar-refractivity contribution in [2.75, 3.05) is 6.54 Å². The van der Waals surface area contributed by atoms with Crippen LogP contribution < -0.4 is 0 Å². The molecule has 1 aliphatic rings. The lowest BCUT2D eigenvalue weighted by Crippen LogP contribution is -2.39. The van der Waals surface area contributed by atoms with Gasteiger partial charge in [0.25, 0.3) is 0 Å². The van der Waals surface area contributed by atoms with Crippen molar-refractivity contribution in [2.24, 2.45) is 11.1 Å². The number of carbonyl (C=O) groups is 1. The predicted octanol–water partition coefficient (Wildman–Crippen LogP) is 4.52. The number of carbonyl (C=O) groups excluding carboxylic acids is 1. The van der Waals surface area contributed by atoms with Gasteiger partial charge in [0.2, 0.25) is 5.91 Å². The molecule has 1 atom stereocenters. The second-order valence-electron chi connectivity index (χ2n) is 6.84. The Hall–Kier alpha value is -2.33. The molecular formula is C21H23ClN2O2. The highest BCUT2D eigenvalue weighted by molar-refractivity contribution is 6.30. The first-order valence-corrected chi connectivity index (χ1v) is 9.22. The maximum absolute atomic E-state index is 12.6. The van der Waals surface area contributed by atoms with Crippen LogP contribution >= 0.6 is 11.6 Å². The summed E-state index contributed by atoms with van der Waals surface area (Å²) in [6, 6.07) is 17.6. The molecule has 136 valence electrons. The fourth-order valence-electron chi connectivity index (χ4n) is 2.99. The molecule has 0 bridgehead atoms. The number of nitrogens with zero attached hydrogens (tertiary/aromatic N) is 2. The fraction of sp³-hybridized carbons (Fsp3) is 0.333. The van der Waals surface area contributed by atoms with Gasteiger partial charge in [0, 0.05) is 23.9 Å². The van der Waals surface area contributed by atoms with Crippen molar-refractivity contribution in [1.29, 1.82) is 0 Å². The molecule has 0 unspecified atom stereocenters. The monoisotopic (exact) mass is 370 g/mol. The SMILES string of the molecule is CC(C)C(=O)N(Cc1ccccc1)C[C@@H]1CC(c2ccc(Cl)cc2)=NO1. The number of oxime groups is 1. The van der Waals surface area contributed by atoms with Gasteiger partial charge in [-0.3, -0.25) is 4.79 Å². The van der Waals surface area contributed by atoms with E-state index in [1.807, 2.05) is 73.3 Å². The lowest BCUT2D eigenvalue weighted by Gasteiger charge is -2.26. The minimum atomic E-state index is -0.132. The molecule has 0 saturated heterocycles. The van der Waals surface area contributed by atoms with Gasteiger partial charge < -0.3 is 9.74 Å². The molecule has 0 spiro atoms. The number of hydrogen-bond acceptors (Lipinski definition) is 3. The van der Waals surface area contributed by atoms with Gasteiger partial charge in [0.15, 0.2) is 6.10 Å². The highest BCUT2D eigenvalue weighted by Crippen LogP contribution is 2.21. The summed E-state index contributed by atoms with van der Waals surface area (Å²) in [4.78, 5) is 20.1. The van der Waals surface area contributed by atoms with E-state index in [9.17, 15) is 4.79 Å². The zero-order chi connectivity index (χ0) is 18.5. The summed E-state index contributed by atoms with van der Waals surface area (Å²) < 4.78 is 0. The van der Waals surface area contributed by atoms with Gasteiger partial charge in [-0.2, -0.15) is 0 Å². The molecular weight excluding hydrogens is 348 g/mol. The third kappa shape index (κ3) is 4.64. The highest BCUT2D eigenvalue weighted by atomic mass is 35.5. The largest absolute Gasteiger partial charge is 0.390 e. The van der Waals surface area contributed by atoms with Gasteiger partial charge in [-0.05, 0) is 23.3 Å². The molecule has 0 fully saturated rings. The van der Waals surface area contributed by atoms with Crippen LogP contribution in [0.1, 0.15) is 31.4 Å². The molecule has 1 heterocycles. The van der Waals surface area contributed by atoms with Crippen molar-refractivity contribution >= 4 is 23.2 Å². The molecule has 0 radical (unpaired) electrons. The molecule has 3 rings (SSSR count). The second-order valence-corrected chi connectivity index (χ2v) is 7.27. The maximum Gasteiger partial charge on any atom is 0.225 e. The molecule has 0 N–H and O–H groups in total. The van der Waals surface area contributed by atoms with Gasteiger partial charge in [-0.1, -0.05) is 73.1 Å². The van der Waals surface area contributed by atoms with Crippen LogP contribution in [-0.2, 0) is 16.2 Å². The number of rotatable bonds is 6. The van der Waals surface area contributed by atoms with Crippen molar-refractivity contribution < 1.29 is 9.63 Å². The molecule has 2 aromatic carbocycles. The molecule has 26 heavy (non-hydrogen) atoms. The first kappa shape index (κ1) is 18.5. The van der Waals surface area contributed by atoms with Gasteiger partial charge in [-0.25, -0.2) is 0 Å². The lowest BCUT2D eigenvalue weighted by atomic mass is 10.0. The first-order chi connectivity index (χ1) is 12.5. The van der Waals surface area contributed by atoms with Crippen LogP contribution in [0.5, 0.6) is 0 Å². The standard InChI is InChI=1S/C21H23ClN2O2/c1-15(2)21(25)24(13-16-6-4-3-5-7-16)14-19-12-20(23-26-19)17-8-10-18(22)11-9-17/h3-11,15,19H,12-14H2,1-2H3/t19-/m0/s1. The third-order valence-electron chi connectivity index (χ3n) is 4.36. The summed E-state index contributed by atoms with van der Waals surface area (Å²) in [5.74, 6) is 0.0640. The normalized spacial score (nSPS) is 16.3. The summed E-state index contributed by atoms with van der Waals surface area (Å²) >= 11 is 5.94. The first-order valence-electron chi connectivity index (χ1n) is 8.84. The van der Waals surface area contributed by atoms with E-state index in [-0.39, 0.29) is 17.9 Å². The molecule has 0 saturated carbocycles. The Labute approximate surface area is 159 Å². The third-order valence-corrected chi connectivity index (χ3v) is 4.61. The lowest BCUT2D eigenvalue weighted by molar-refractivity contribution is -0.136. The number of amides is 1. The van der Waals surface area contributed by atoms with Crippen LogP contribution in [0.3, 0.4) is 0 Å². The average Bonchev–Trinajstić information content (AvgIpc) is 3.10. The van der Waals surface area contributed by atoms with Crippen LogP contribution in [0.15, 0.2) is 59.8 Å². The number of halogens is 1. The van der Waals surface area contributed by atoms with Crippen molar-refractivity contribution in [3.63, 3.8) is 0 Å². The Morgan fingerprint density at radius 3 is 2.54 bits per heavy atom. The zero-order valence-corrected chi connectivity index (χ0v) is 15.8. The summed E-state index contributed by atoms with van der Waals surface area (Å²) in [5, 5.41) is 4.91. The van der Waals surface area contributed by atoms with E-state index in [2.05, 4.69) is 5.16 Å². The van der Waals surface area contributed by atoms with Gasteiger partial charge >= 0.3 is 0 Å². The second kappa shape index (κ2) is 8.37. The molecule has 4 nitrogen and oxygen atoms in total. The Morgan fingerprint density at radius 2 is 1.88 bits per heavy atom. The Balaban J connectivity index is 1.66. The molecule has 5 heteroatoms. The van der Waals surface area contributed by atoms with Crippen molar-refractivity contribution in [3.8, 4) is 0 Å². The van der Waals surface area contributed by atoms with E-state index < -0.39 is 0 Å². The van der Waals surface area contributed by atoms with Gasteiger partial charge in [0.05, 0.1) is 12.3 Å². The van der Waals surface area contributed by atoms with E-state index >= 15 is 0 Å². The minimum absolute atomic E-state index is 0.0585. The molecule has 2 aromatic rings. The highest BCUT2D eigenvalue weighted by Gasteiger charge is 2.27. The molecule has 1 amide bonds. The molecule has 0 aromatic heterocycles. The van der Waals surface area contributed by atoms with Crippen LogP contribution in [0.2, 0.25) is 5.02 Å². The smallest absolute Gasteiger partial charge is 0.225 e. The average molecular weight is 371 g/mol. The van der Waals surface area contributed by atoms with E-state index in [1.165, 1.54) is 0 Å². The van der Waals surface area contributed by atoms with Crippen LogP contribution in [0.25, 0.3) is 0 Å². The van der Waals surface area contributed by atoms with Crippen LogP contribution in [0.4, 0.5) is 0 Å². The quantitative estimate of drug-likeness (QED) is 0.750. The van der Waals surface area contributed by atoms with E-state index in [4.69, 9.17) is 16.4 Å². The van der Waals surface area contributed by atoms with Gasteiger partial charge in [0.1, 0.15) is 0 Å². The summed E-state index contributed by atoms with van der Waals surface area (Å²) in [5.41, 5.74) is 3.00. The fourth-order valence-corrected chi connectivity index (χ4v) is 3.11. The Bertz CT molecular complexity index is 772. The minimum Gasteiger partial charge on any atom is -0.390 e. The van der Waals surface area contributed by atoms with Crippen molar-refractivity contribution in [3.05, 3.63) is 70.7 Å². The van der Waals surface area contributed by atoms with E-state index in [0.717, 1.165) is 16.8 Å². The summed E-state index contributed by atoms with van der Waals surface area (Å²) in [6.07, 6.45) is 0.547. The summed E-state index contributed by atoms with van der Waals surface area (Å²) in [6.45, 7) is 4.94. The number of hydrogen-bond donors (Lipinski definition) is 0. The Kier molecular flexibility index (Phi) is 5.94. The predicted molar refractivity (Wildman–Crippen MR) is 104 cm³/mol. The van der Waals surface area contributed by atoms with Gasteiger partial charge in [-0.15, -0.1) is 0 Å². The van der Waals surface area contributed by atoms with E-state index in [0.29, 0.717) is 24.5 Å². The van der Waals surface area contributed by atoms with Crippen LogP contribution in [0, 0.1) is 5.92 Å². The zero-order valence-electron chi connectivity index (χ0n) is 15.1. The van der Waals surface area contributed by atoms with E-state index in [1.54, 1.807) is 0 Å².